The zero-order chi connectivity index (χ0) is 10.9. The topological polar surface area (TPSA) is 29.5 Å². The van der Waals surface area contributed by atoms with Gasteiger partial charge >= 0.3 is 0 Å². The Morgan fingerprint density at radius 3 is 2.80 bits per heavy atom. The summed E-state index contributed by atoms with van der Waals surface area (Å²) in [4.78, 5) is 0. The molecule has 1 atom stereocenters. The van der Waals surface area contributed by atoms with Gasteiger partial charge in [0.25, 0.3) is 0 Å². The standard InChI is InChI=1S/C12H15ClO2/c1-15-8-12(14,9-5-6-9)10-3-2-4-11(13)7-10/h2-4,7,9,14H,5-6,8H2,1H3. The molecule has 1 saturated carbocycles. The maximum atomic E-state index is 10.6. The van der Waals surface area contributed by atoms with Crippen molar-refractivity contribution in [2.75, 3.05) is 13.7 Å². The lowest BCUT2D eigenvalue weighted by Crippen LogP contribution is -2.33. The number of halogens is 1. The summed E-state index contributed by atoms with van der Waals surface area (Å²) in [5.74, 6) is 0.316. The second-order valence-corrected chi connectivity index (χ2v) is 4.58. The van der Waals surface area contributed by atoms with E-state index >= 15 is 0 Å². The summed E-state index contributed by atoms with van der Waals surface area (Å²) in [7, 11) is 1.61. The van der Waals surface area contributed by atoms with Gasteiger partial charge in [-0.2, -0.15) is 0 Å². The van der Waals surface area contributed by atoms with Crippen LogP contribution in [0.2, 0.25) is 5.02 Å². The van der Waals surface area contributed by atoms with Crippen LogP contribution in [0.1, 0.15) is 18.4 Å². The molecule has 1 fully saturated rings. The Balaban J connectivity index is 2.31. The third kappa shape index (κ3) is 2.17. The Morgan fingerprint density at radius 1 is 1.53 bits per heavy atom. The van der Waals surface area contributed by atoms with Crippen LogP contribution in [0.4, 0.5) is 0 Å². The van der Waals surface area contributed by atoms with E-state index in [0.29, 0.717) is 17.5 Å². The first kappa shape index (κ1) is 10.9. The number of benzene rings is 1. The maximum absolute atomic E-state index is 10.6. The zero-order valence-corrected chi connectivity index (χ0v) is 9.50. The lowest BCUT2D eigenvalue weighted by molar-refractivity contribution is -0.0532. The second-order valence-electron chi connectivity index (χ2n) is 4.14. The lowest BCUT2D eigenvalue weighted by Gasteiger charge is -2.28. The van der Waals surface area contributed by atoms with E-state index in [-0.39, 0.29) is 0 Å². The van der Waals surface area contributed by atoms with Crippen LogP contribution in [0.3, 0.4) is 0 Å². The summed E-state index contributed by atoms with van der Waals surface area (Å²) in [6.07, 6.45) is 2.12. The fourth-order valence-electron chi connectivity index (χ4n) is 1.98. The molecule has 1 N–H and O–H groups in total. The van der Waals surface area contributed by atoms with Crippen LogP contribution in [-0.2, 0) is 10.3 Å². The third-order valence-electron chi connectivity index (χ3n) is 2.94. The van der Waals surface area contributed by atoms with Gasteiger partial charge in [0, 0.05) is 12.1 Å². The molecule has 2 rings (SSSR count). The highest BCUT2D eigenvalue weighted by Gasteiger charge is 2.45. The largest absolute Gasteiger partial charge is 0.382 e. The van der Waals surface area contributed by atoms with E-state index in [1.54, 1.807) is 7.11 Å². The van der Waals surface area contributed by atoms with Crippen molar-refractivity contribution in [3.8, 4) is 0 Å². The number of methoxy groups -OCH3 is 1. The molecule has 0 amide bonds. The van der Waals surface area contributed by atoms with Gasteiger partial charge in [0.2, 0.25) is 0 Å². The van der Waals surface area contributed by atoms with E-state index in [1.807, 2.05) is 24.3 Å². The summed E-state index contributed by atoms with van der Waals surface area (Å²) < 4.78 is 5.11. The van der Waals surface area contributed by atoms with Gasteiger partial charge < -0.3 is 9.84 Å². The van der Waals surface area contributed by atoms with Gasteiger partial charge in [0.15, 0.2) is 0 Å². The van der Waals surface area contributed by atoms with Crippen molar-refractivity contribution in [2.45, 2.75) is 18.4 Å². The molecular weight excluding hydrogens is 212 g/mol. The molecule has 0 heterocycles. The SMILES string of the molecule is COCC(O)(c1cccc(Cl)c1)C1CC1. The molecule has 3 heteroatoms. The first-order chi connectivity index (χ1) is 7.16. The Bertz CT molecular complexity index is 349. The molecule has 0 saturated heterocycles. The van der Waals surface area contributed by atoms with E-state index in [4.69, 9.17) is 16.3 Å². The number of rotatable bonds is 4. The number of aliphatic hydroxyl groups is 1. The van der Waals surface area contributed by atoms with Crippen molar-refractivity contribution in [3.05, 3.63) is 34.9 Å². The van der Waals surface area contributed by atoms with E-state index < -0.39 is 5.60 Å². The summed E-state index contributed by atoms with van der Waals surface area (Å²) in [5.41, 5.74) is -0.000949. The van der Waals surface area contributed by atoms with E-state index in [0.717, 1.165) is 18.4 Å². The molecule has 0 radical (unpaired) electrons. The average Bonchev–Trinajstić information content (AvgIpc) is 3.01. The van der Waals surface area contributed by atoms with Gasteiger partial charge in [-0.05, 0) is 36.5 Å². The zero-order valence-electron chi connectivity index (χ0n) is 8.74. The van der Waals surface area contributed by atoms with Crippen molar-refractivity contribution in [3.63, 3.8) is 0 Å². The Morgan fingerprint density at radius 2 is 2.27 bits per heavy atom. The highest BCUT2D eigenvalue weighted by Crippen LogP contribution is 2.46. The minimum absolute atomic E-state index is 0.316. The molecule has 15 heavy (non-hydrogen) atoms. The summed E-state index contributed by atoms with van der Waals surface area (Å²) >= 11 is 5.92. The molecule has 1 aromatic rings. The van der Waals surface area contributed by atoms with Gasteiger partial charge in [-0.3, -0.25) is 0 Å². The molecule has 82 valence electrons. The van der Waals surface area contributed by atoms with E-state index in [1.165, 1.54) is 0 Å². The van der Waals surface area contributed by atoms with Crippen LogP contribution in [0.5, 0.6) is 0 Å². The summed E-state index contributed by atoms with van der Waals surface area (Å²) in [5, 5.41) is 11.2. The van der Waals surface area contributed by atoms with Crippen LogP contribution in [0, 0.1) is 5.92 Å². The molecule has 0 aliphatic heterocycles. The molecule has 1 aliphatic rings. The van der Waals surface area contributed by atoms with Gasteiger partial charge in [-0.25, -0.2) is 0 Å². The predicted molar refractivity (Wildman–Crippen MR) is 59.9 cm³/mol. The normalized spacial score (nSPS) is 19.9. The molecule has 1 aliphatic carbocycles. The quantitative estimate of drug-likeness (QED) is 0.855. The Kier molecular flexibility index (Phi) is 3.01. The molecular formula is C12H15ClO2. The molecule has 2 nitrogen and oxygen atoms in total. The van der Waals surface area contributed by atoms with Crippen LogP contribution in [-0.4, -0.2) is 18.8 Å². The minimum atomic E-state index is -0.861. The van der Waals surface area contributed by atoms with Crippen LogP contribution in [0.25, 0.3) is 0 Å². The van der Waals surface area contributed by atoms with Crippen molar-refractivity contribution in [1.82, 2.24) is 0 Å². The van der Waals surface area contributed by atoms with Crippen molar-refractivity contribution < 1.29 is 9.84 Å². The Hall–Kier alpha value is -0.570. The smallest absolute Gasteiger partial charge is 0.116 e. The average molecular weight is 227 g/mol. The third-order valence-corrected chi connectivity index (χ3v) is 3.18. The van der Waals surface area contributed by atoms with Gasteiger partial charge in [0.1, 0.15) is 5.60 Å². The molecule has 0 aromatic heterocycles. The van der Waals surface area contributed by atoms with Crippen LogP contribution >= 0.6 is 11.6 Å². The van der Waals surface area contributed by atoms with Crippen molar-refractivity contribution >= 4 is 11.6 Å². The second kappa shape index (κ2) is 4.12. The van der Waals surface area contributed by atoms with Crippen molar-refractivity contribution in [1.29, 1.82) is 0 Å². The first-order valence-corrected chi connectivity index (χ1v) is 5.52. The van der Waals surface area contributed by atoms with Crippen LogP contribution < -0.4 is 0 Å². The van der Waals surface area contributed by atoms with Gasteiger partial charge in [0.05, 0.1) is 6.61 Å². The highest BCUT2D eigenvalue weighted by molar-refractivity contribution is 6.30. The summed E-state index contributed by atoms with van der Waals surface area (Å²) in [6, 6.07) is 7.40. The van der Waals surface area contributed by atoms with Crippen molar-refractivity contribution in [2.24, 2.45) is 5.92 Å². The number of ether oxygens (including phenoxy) is 1. The lowest BCUT2D eigenvalue weighted by atomic mass is 9.90. The minimum Gasteiger partial charge on any atom is -0.382 e. The highest BCUT2D eigenvalue weighted by atomic mass is 35.5. The van der Waals surface area contributed by atoms with Gasteiger partial charge in [-0.1, -0.05) is 23.7 Å². The molecule has 0 bridgehead atoms. The predicted octanol–water partition coefficient (Wildman–Crippen LogP) is 2.58. The van der Waals surface area contributed by atoms with E-state index in [9.17, 15) is 5.11 Å². The molecule has 1 unspecified atom stereocenters. The Labute approximate surface area is 94.8 Å². The maximum Gasteiger partial charge on any atom is 0.116 e. The first-order valence-electron chi connectivity index (χ1n) is 5.14. The molecule has 1 aromatic carbocycles. The number of hydrogen-bond acceptors (Lipinski definition) is 2. The summed E-state index contributed by atoms with van der Waals surface area (Å²) in [6.45, 7) is 0.331. The fraction of sp³-hybridized carbons (Fsp3) is 0.500. The fourth-order valence-corrected chi connectivity index (χ4v) is 2.17. The van der Waals surface area contributed by atoms with Crippen LogP contribution in [0.15, 0.2) is 24.3 Å². The molecule has 0 spiro atoms. The number of hydrogen-bond donors (Lipinski definition) is 1. The van der Waals surface area contributed by atoms with Gasteiger partial charge in [-0.15, -0.1) is 0 Å². The van der Waals surface area contributed by atoms with E-state index in [2.05, 4.69) is 0 Å². The monoisotopic (exact) mass is 226 g/mol.